The van der Waals surface area contributed by atoms with E-state index >= 15 is 0 Å². The highest BCUT2D eigenvalue weighted by atomic mass is 16.2. The normalized spacial score (nSPS) is 27.8. The van der Waals surface area contributed by atoms with Gasteiger partial charge >= 0.3 is 0 Å². The molecule has 0 spiro atoms. The third-order valence-corrected chi connectivity index (χ3v) is 6.80. The summed E-state index contributed by atoms with van der Waals surface area (Å²) in [6, 6.07) is 8.49. The van der Waals surface area contributed by atoms with Gasteiger partial charge in [0.05, 0.1) is 11.8 Å². The van der Waals surface area contributed by atoms with Crippen molar-refractivity contribution in [3.05, 3.63) is 29.8 Å². The molecule has 1 saturated carbocycles. The van der Waals surface area contributed by atoms with Crippen LogP contribution in [0.25, 0.3) is 0 Å². The van der Waals surface area contributed by atoms with Gasteiger partial charge in [-0.2, -0.15) is 0 Å². The van der Waals surface area contributed by atoms with E-state index < -0.39 is 0 Å². The molecule has 2 saturated heterocycles. The van der Waals surface area contributed by atoms with Crippen LogP contribution in [0.1, 0.15) is 57.4 Å². The fourth-order valence-electron chi connectivity index (χ4n) is 5.05. The van der Waals surface area contributed by atoms with Crippen molar-refractivity contribution in [1.82, 2.24) is 9.80 Å². The van der Waals surface area contributed by atoms with Gasteiger partial charge in [-0.05, 0) is 56.8 Å². The Balaban J connectivity index is 1.31. The van der Waals surface area contributed by atoms with Crippen LogP contribution < -0.4 is 5.32 Å². The minimum atomic E-state index is -0.317. The second-order valence-corrected chi connectivity index (χ2v) is 8.82. The third kappa shape index (κ3) is 4.37. The van der Waals surface area contributed by atoms with Gasteiger partial charge in [-0.1, -0.05) is 31.4 Å². The van der Waals surface area contributed by atoms with Crippen LogP contribution in [0.5, 0.6) is 0 Å². The van der Waals surface area contributed by atoms with E-state index in [-0.39, 0.29) is 36.1 Å². The molecular formula is C23H31N3O3. The van der Waals surface area contributed by atoms with Crippen molar-refractivity contribution in [2.45, 2.75) is 64.5 Å². The first-order valence-corrected chi connectivity index (χ1v) is 11.0. The molecule has 3 aliphatic rings. The molecule has 0 aromatic heterocycles. The molecule has 156 valence electrons. The van der Waals surface area contributed by atoms with Gasteiger partial charge in [0.15, 0.2) is 0 Å². The van der Waals surface area contributed by atoms with Crippen LogP contribution in [-0.4, -0.2) is 46.7 Å². The molecule has 1 aliphatic carbocycles. The number of imide groups is 1. The van der Waals surface area contributed by atoms with E-state index in [1.165, 1.54) is 29.7 Å². The Morgan fingerprint density at radius 3 is 2.21 bits per heavy atom. The van der Waals surface area contributed by atoms with Crippen molar-refractivity contribution < 1.29 is 14.4 Å². The van der Waals surface area contributed by atoms with Crippen LogP contribution in [0, 0.1) is 11.8 Å². The zero-order chi connectivity index (χ0) is 20.4. The lowest BCUT2D eigenvalue weighted by Gasteiger charge is -2.33. The van der Waals surface area contributed by atoms with E-state index in [0.717, 1.165) is 38.8 Å². The largest absolute Gasteiger partial charge is 0.325 e. The molecule has 0 radical (unpaired) electrons. The number of hydrogen-bond acceptors (Lipinski definition) is 4. The number of benzene rings is 1. The summed E-state index contributed by atoms with van der Waals surface area (Å²) in [5.41, 5.74) is 1.92. The Hall–Kier alpha value is -2.21. The number of nitrogens with one attached hydrogen (secondary N) is 1. The minimum absolute atomic E-state index is 0.166. The van der Waals surface area contributed by atoms with E-state index in [9.17, 15) is 14.4 Å². The number of likely N-dealkylation sites (tertiary alicyclic amines) is 2. The highest BCUT2D eigenvalue weighted by molar-refractivity contribution is 6.08. The molecule has 6 nitrogen and oxygen atoms in total. The SMILES string of the molecule is CC1CCCCN1Cc1ccc(NC(=O)CN2C(=O)C3CCCCC3C2=O)cc1. The molecule has 1 aromatic rings. The highest BCUT2D eigenvalue weighted by Gasteiger charge is 2.48. The fourth-order valence-corrected chi connectivity index (χ4v) is 5.05. The number of carbonyl (C=O) groups excluding carboxylic acids is 3. The number of nitrogens with zero attached hydrogens (tertiary/aromatic N) is 2. The highest BCUT2D eigenvalue weighted by Crippen LogP contribution is 2.37. The fraction of sp³-hybridized carbons (Fsp3) is 0.609. The van der Waals surface area contributed by atoms with Crippen LogP contribution in [0.15, 0.2) is 24.3 Å². The lowest BCUT2D eigenvalue weighted by atomic mass is 9.81. The average molecular weight is 398 g/mol. The molecule has 29 heavy (non-hydrogen) atoms. The molecule has 6 heteroatoms. The molecule has 2 aliphatic heterocycles. The Kier molecular flexibility index (Phi) is 5.99. The predicted molar refractivity (Wildman–Crippen MR) is 111 cm³/mol. The first-order chi connectivity index (χ1) is 14.0. The minimum Gasteiger partial charge on any atom is -0.325 e. The van der Waals surface area contributed by atoms with Crippen molar-refractivity contribution in [3.8, 4) is 0 Å². The number of piperidine rings is 1. The van der Waals surface area contributed by atoms with Gasteiger partial charge in [0.1, 0.15) is 6.54 Å². The molecule has 0 bridgehead atoms. The Morgan fingerprint density at radius 1 is 0.966 bits per heavy atom. The van der Waals surface area contributed by atoms with Gasteiger partial charge in [0.25, 0.3) is 0 Å². The maximum absolute atomic E-state index is 12.5. The molecule has 3 unspecified atom stereocenters. The van der Waals surface area contributed by atoms with Crippen LogP contribution in [0.4, 0.5) is 5.69 Å². The summed E-state index contributed by atoms with van der Waals surface area (Å²) in [5, 5.41) is 2.83. The summed E-state index contributed by atoms with van der Waals surface area (Å²) in [7, 11) is 0. The average Bonchev–Trinajstić information content (AvgIpc) is 2.96. The molecule has 3 atom stereocenters. The Morgan fingerprint density at radius 2 is 1.59 bits per heavy atom. The van der Waals surface area contributed by atoms with Crippen LogP contribution in [0.2, 0.25) is 0 Å². The summed E-state index contributed by atoms with van der Waals surface area (Å²) < 4.78 is 0. The smallest absolute Gasteiger partial charge is 0.244 e. The summed E-state index contributed by atoms with van der Waals surface area (Å²) >= 11 is 0. The van der Waals surface area contributed by atoms with Gasteiger partial charge in [0.2, 0.25) is 17.7 Å². The Labute approximate surface area is 172 Å². The van der Waals surface area contributed by atoms with Crippen LogP contribution in [0.3, 0.4) is 0 Å². The number of hydrogen-bond donors (Lipinski definition) is 1. The second kappa shape index (κ2) is 8.66. The first-order valence-electron chi connectivity index (χ1n) is 11.0. The van der Waals surface area contributed by atoms with Gasteiger partial charge in [-0.25, -0.2) is 0 Å². The third-order valence-electron chi connectivity index (χ3n) is 6.80. The summed E-state index contributed by atoms with van der Waals surface area (Å²) in [6.45, 7) is 4.16. The molecular weight excluding hydrogens is 366 g/mol. The van der Waals surface area contributed by atoms with Crippen molar-refractivity contribution in [3.63, 3.8) is 0 Å². The van der Waals surface area contributed by atoms with E-state index in [1.54, 1.807) is 0 Å². The Bertz CT molecular complexity index is 752. The van der Waals surface area contributed by atoms with Gasteiger partial charge in [0, 0.05) is 18.3 Å². The molecule has 1 N–H and O–H groups in total. The maximum atomic E-state index is 12.5. The van der Waals surface area contributed by atoms with Crippen molar-refractivity contribution in [2.75, 3.05) is 18.4 Å². The van der Waals surface area contributed by atoms with Crippen molar-refractivity contribution in [1.29, 1.82) is 0 Å². The number of carbonyl (C=O) groups is 3. The topological polar surface area (TPSA) is 69.7 Å². The van der Waals surface area contributed by atoms with Crippen molar-refractivity contribution >= 4 is 23.4 Å². The lowest BCUT2D eigenvalue weighted by molar-refractivity contribution is -0.142. The lowest BCUT2D eigenvalue weighted by Crippen LogP contribution is -2.38. The standard InChI is InChI=1S/C23H31N3O3/c1-16-6-4-5-13-25(16)14-17-9-11-18(12-10-17)24-21(27)15-26-22(28)19-7-2-3-8-20(19)23(26)29/h9-12,16,19-20H,2-8,13-15H2,1H3,(H,24,27). The molecule has 2 heterocycles. The van der Waals surface area contributed by atoms with Crippen LogP contribution >= 0.6 is 0 Å². The molecule has 1 aromatic carbocycles. The number of rotatable bonds is 5. The zero-order valence-electron chi connectivity index (χ0n) is 17.2. The van der Waals surface area contributed by atoms with E-state index in [4.69, 9.17) is 0 Å². The van der Waals surface area contributed by atoms with Gasteiger partial charge in [-0.3, -0.25) is 24.2 Å². The van der Waals surface area contributed by atoms with E-state index in [1.807, 2.05) is 24.3 Å². The van der Waals surface area contributed by atoms with Gasteiger partial charge < -0.3 is 5.32 Å². The molecule has 3 amide bonds. The monoisotopic (exact) mass is 397 g/mol. The van der Waals surface area contributed by atoms with E-state index in [2.05, 4.69) is 17.1 Å². The second-order valence-electron chi connectivity index (χ2n) is 8.82. The maximum Gasteiger partial charge on any atom is 0.244 e. The number of amides is 3. The number of fused-ring (bicyclic) bond motifs is 1. The summed E-state index contributed by atoms with van der Waals surface area (Å²) in [5.74, 6) is -1.06. The first kappa shape index (κ1) is 20.1. The summed E-state index contributed by atoms with van der Waals surface area (Å²) in [6.07, 6.45) is 7.34. The molecule has 3 fully saturated rings. The van der Waals surface area contributed by atoms with Crippen molar-refractivity contribution in [2.24, 2.45) is 11.8 Å². The number of anilines is 1. The van der Waals surface area contributed by atoms with Crippen LogP contribution in [-0.2, 0) is 20.9 Å². The quantitative estimate of drug-likeness (QED) is 0.775. The van der Waals surface area contributed by atoms with Gasteiger partial charge in [-0.15, -0.1) is 0 Å². The molecule has 4 rings (SSSR count). The zero-order valence-corrected chi connectivity index (χ0v) is 17.2. The summed E-state index contributed by atoms with van der Waals surface area (Å²) in [4.78, 5) is 41.2. The predicted octanol–water partition coefficient (Wildman–Crippen LogP) is 3.17. The van der Waals surface area contributed by atoms with E-state index in [0.29, 0.717) is 11.7 Å².